The molecule has 3 heterocycles. The van der Waals surface area contributed by atoms with E-state index >= 15 is 0 Å². The maximum Gasteiger partial charge on any atom is 0.166 e. The lowest BCUT2D eigenvalue weighted by atomic mass is 10.1. The van der Waals surface area contributed by atoms with Crippen LogP contribution in [-0.2, 0) is 0 Å². The van der Waals surface area contributed by atoms with E-state index in [0.717, 1.165) is 43.0 Å². The van der Waals surface area contributed by atoms with E-state index in [2.05, 4.69) is 51.6 Å². The van der Waals surface area contributed by atoms with E-state index in [9.17, 15) is 0 Å². The van der Waals surface area contributed by atoms with Crippen molar-refractivity contribution in [3.8, 4) is 11.3 Å². The number of hydrogen-bond donors (Lipinski definition) is 1. The highest BCUT2D eigenvalue weighted by atomic mass is 32.1. The van der Waals surface area contributed by atoms with Gasteiger partial charge in [0, 0.05) is 31.7 Å². The summed E-state index contributed by atoms with van der Waals surface area (Å²) in [5, 5.41) is 2.61. The molecule has 0 spiro atoms. The standard InChI is InChI=1S/C18H18N4S2/c19-18(23)22-9-7-21(8-10-22)16-12-15(13-4-2-1-3-5-13)20-14-6-11-24-17(14)16/h1-6,11-12H,7-10H2,(H2,19,23). The van der Waals surface area contributed by atoms with Gasteiger partial charge in [0.1, 0.15) is 0 Å². The van der Waals surface area contributed by atoms with Crippen LogP contribution in [0.1, 0.15) is 0 Å². The number of thiophene rings is 1. The molecule has 122 valence electrons. The third-order valence-electron chi connectivity index (χ3n) is 4.39. The number of thiocarbonyl (C=S) groups is 1. The molecular weight excluding hydrogens is 336 g/mol. The zero-order valence-electron chi connectivity index (χ0n) is 13.2. The summed E-state index contributed by atoms with van der Waals surface area (Å²) >= 11 is 6.85. The van der Waals surface area contributed by atoms with E-state index in [1.54, 1.807) is 11.3 Å². The van der Waals surface area contributed by atoms with Crippen molar-refractivity contribution in [3.05, 3.63) is 47.8 Å². The number of hydrogen-bond acceptors (Lipinski definition) is 4. The molecule has 1 saturated heterocycles. The zero-order chi connectivity index (χ0) is 16.5. The molecule has 4 rings (SSSR count). The molecule has 1 fully saturated rings. The monoisotopic (exact) mass is 354 g/mol. The minimum Gasteiger partial charge on any atom is -0.376 e. The molecule has 2 N–H and O–H groups in total. The van der Waals surface area contributed by atoms with Gasteiger partial charge in [0.15, 0.2) is 5.11 Å². The number of benzene rings is 1. The Balaban J connectivity index is 1.72. The fourth-order valence-corrected chi connectivity index (χ4v) is 4.16. The van der Waals surface area contributed by atoms with Crippen molar-refractivity contribution in [3.63, 3.8) is 0 Å². The summed E-state index contributed by atoms with van der Waals surface area (Å²) in [4.78, 5) is 9.32. The molecule has 6 heteroatoms. The SMILES string of the molecule is NC(=S)N1CCN(c2cc(-c3ccccc3)nc3ccsc23)CC1. The van der Waals surface area contributed by atoms with Crippen LogP contribution in [0.5, 0.6) is 0 Å². The highest BCUT2D eigenvalue weighted by molar-refractivity contribution is 7.80. The second-order valence-electron chi connectivity index (χ2n) is 5.84. The van der Waals surface area contributed by atoms with Crippen LogP contribution in [0.2, 0.25) is 0 Å². The number of nitrogens with two attached hydrogens (primary N) is 1. The molecule has 1 aliphatic heterocycles. The predicted octanol–water partition coefficient (Wildman–Crippen LogP) is 3.33. The van der Waals surface area contributed by atoms with Crippen LogP contribution in [0.4, 0.5) is 5.69 Å². The third kappa shape index (κ3) is 2.83. The highest BCUT2D eigenvalue weighted by Crippen LogP contribution is 2.34. The minimum atomic E-state index is 0.496. The summed E-state index contributed by atoms with van der Waals surface area (Å²) in [5.74, 6) is 0. The van der Waals surface area contributed by atoms with Gasteiger partial charge in [0.05, 0.1) is 21.6 Å². The number of pyridine rings is 1. The van der Waals surface area contributed by atoms with E-state index in [-0.39, 0.29) is 0 Å². The number of aromatic nitrogens is 1. The van der Waals surface area contributed by atoms with Gasteiger partial charge in [-0.3, -0.25) is 0 Å². The van der Waals surface area contributed by atoms with E-state index < -0.39 is 0 Å². The second-order valence-corrected chi connectivity index (χ2v) is 7.17. The minimum absolute atomic E-state index is 0.496. The van der Waals surface area contributed by atoms with Gasteiger partial charge in [0.2, 0.25) is 0 Å². The van der Waals surface area contributed by atoms with E-state index in [4.69, 9.17) is 22.9 Å². The number of anilines is 1. The number of nitrogens with zero attached hydrogens (tertiary/aromatic N) is 3. The number of rotatable bonds is 2. The van der Waals surface area contributed by atoms with E-state index in [1.165, 1.54) is 10.4 Å². The largest absolute Gasteiger partial charge is 0.376 e. The van der Waals surface area contributed by atoms with Gasteiger partial charge in [0.25, 0.3) is 0 Å². The second kappa shape index (κ2) is 6.37. The summed E-state index contributed by atoms with van der Waals surface area (Å²) in [6.07, 6.45) is 0. The van der Waals surface area contributed by atoms with E-state index in [0.29, 0.717) is 5.11 Å². The lowest BCUT2D eigenvalue weighted by Gasteiger charge is -2.36. The third-order valence-corrected chi connectivity index (χ3v) is 5.58. The Hall–Kier alpha value is -2.18. The molecule has 4 nitrogen and oxygen atoms in total. The highest BCUT2D eigenvalue weighted by Gasteiger charge is 2.21. The first-order valence-electron chi connectivity index (χ1n) is 7.95. The van der Waals surface area contributed by atoms with Crippen LogP contribution in [0.3, 0.4) is 0 Å². The van der Waals surface area contributed by atoms with Crippen molar-refractivity contribution in [1.29, 1.82) is 0 Å². The molecule has 3 aromatic rings. The normalized spacial score (nSPS) is 15.0. The molecule has 0 aliphatic carbocycles. The van der Waals surface area contributed by atoms with Crippen LogP contribution < -0.4 is 10.6 Å². The number of fused-ring (bicyclic) bond motifs is 1. The molecule has 0 atom stereocenters. The zero-order valence-corrected chi connectivity index (χ0v) is 14.8. The fourth-order valence-electron chi connectivity index (χ4n) is 3.10. The quantitative estimate of drug-likeness (QED) is 0.715. The van der Waals surface area contributed by atoms with Crippen LogP contribution >= 0.6 is 23.6 Å². The Morgan fingerprint density at radius 3 is 2.54 bits per heavy atom. The lowest BCUT2D eigenvalue weighted by Crippen LogP contribution is -2.50. The molecule has 2 aromatic heterocycles. The van der Waals surface area contributed by atoms with Crippen molar-refractivity contribution < 1.29 is 0 Å². The predicted molar refractivity (Wildman–Crippen MR) is 106 cm³/mol. The molecule has 0 saturated carbocycles. The molecule has 0 amide bonds. The van der Waals surface area contributed by atoms with Crippen LogP contribution in [0, 0.1) is 0 Å². The van der Waals surface area contributed by atoms with Crippen molar-refractivity contribution in [2.24, 2.45) is 5.73 Å². The van der Waals surface area contributed by atoms with Gasteiger partial charge in [-0.25, -0.2) is 4.98 Å². The summed E-state index contributed by atoms with van der Waals surface area (Å²) in [5.41, 5.74) is 10.2. The Bertz CT molecular complexity index is 867. The molecule has 0 bridgehead atoms. The maximum atomic E-state index is 5.76. The summed E-state index contributed by atoms with van der Waals surface area (Å²) in [6, 6.07) is 14.7. The smallest absolute Gasteiger partial charge is 0.166 e. The van der Waals surface area contributed by atoms with Crippen molar-refractivity contribution >= 4 is 44.6 Å². The Labute approximate surface area is 150 Å². The summed E-state index contributed by atoms with van der Waals surface area (Å²) in [6.45, 7) is 3.57. The van der Waals surface area contributed by atoms with E-state index in [1.807, 2.05) is 6.07 Å². The Morgan fingerprint density at radius 2 is 1.83 bits per heavy atom. The summed E-state index contributed by atoms with van der Waals surface area (Å²) < 4.78 is 1.25. The van der Waals surface area contributed by atoms with Crippen LogP contribution in [0.15, 0.2) is 47.8 Å². The van der Waals surface area contributed by atoms with Crippen LogP contribution in [0.25, 0.3) is 21.5 Å². The Kier molecular flexibility index (Phi) is 4.08. The molecule has 0 unspecified atom stereocenters. The summed E-state index contributed by atoms with van der Waals surface area (Å²) in [7, 11) is 0. The first kappa shape index (κ1) is 15.4. The van der Waals surface area contributed by atoms with Gasteiger partial charge in [-0.05, 0) is 29.7 Å². The first-order chi connectivity index (χ1) is 11.7. The van der Waals surface area contributed by atoms with Gasteiger partial charge in [-0.2, -0.15) is 0 Å². The first-order valence-corrected chi connectivity index (χ1v) is 9.24. The maximum absolute atomic E-state index is 5.76. The van der Waals surface area contributed by atoms with Crippen LogP contribution in [-0.4, -0.2) is 41.2 Å². The van der Waals surface area contributed by atoms with Gasteiger partial charge in [-0.15, -0.1) is 11.3 Å². The fraction of sp³-hybridized carbons (Fsp3) is 0.222. The van der Waals surface area contributed by atoms with Crippen molar-refractivity contribution in [2.45, 2.75) is 0 Å². The van der Waals surface area contributed by atoms with Gasteiger partial charge >= 0.3 is 0 Å². The molecule has 24 heavy (non-hydrogen) atoms. The molecule has 0 radical (unpaired) electrons. The molecule has 1 aromatic carbocycles. The number of piperazine rings is 1. The molecule has 1 aliphatic rings. The molecular formula is C18H18N4S2. The topological polar surface area (TPSA) is 45.4 Å². The van der Waals surface area contributed by atoms with Gasteiger partial charge < -0.3 is 15.5 Å². The van der Waals surface area contributed by atoms with Gasteiger partial charge in [-0.1, -0.05) is 30.3 Å². The lowest BCUT2D eigenvalue weighted by molar-refractivity contribution is 0.389. The van der Waals surface area contributed by atoms with Crippen molar-refractivity contribution in [1.82, 2.24) is 9.88 Å². The average Bonchev–Trinajstić information content (AvgIpc) is 3.10. The van der Waals surface area contributed by atoms with Crippen molar-refractivity contribution in [2.75, 3.05) is 31.1 Å². The Morgan fingerprint density at radius 1 is 1.08 bits per heavy atom. The average molecular weight is 355 g/mol.